The standard InChI is InChI=1S/C17H18N2O3S.CH5N/c1-9(2)22-12-5-3-4-10-6-7-11-14(16(18)21)17(19-8-20)23-15(11)13(10)12;1-2/h3-5,8-9H,6-7H2,1-2H3,(H2,18,21)(H,19,20);2H2,1H3. The van der Waals surface area contributed by atoms with Crippen molar-refractivity contribution >= 4 is 28.7 Å². The van der Waals surface area contributed by atoms with E-state index in [2.05, 4.69) is 17.1 Å². The molecule has 6 nitrogen and oxygen atoms in total. The van der Waals surface area contributed by atoms with Crippen LogP contribution in [0.4, 0.5) is 5.00 Å². The lowest BCUT2D eigenvalue weighted by Gasteiger charge is -2.21. The predicted molar refractivity (Wildman–Crippen MR) is 101 cm³/mol. The highest BCUT2D eigenvalue weighted by atomic mass is 32.1. The Kier molecular flexibility index (Phi) is 6.17. The molecule has 1 aromatic heterocycles. The molecule has 3 rings (SSSR count). The van der Waals surface area contributed by atoms with Crippen LogP contribution in [0.2, 0.25) is 0 Å². The summed E-state index contributed by atoms with van der Waals surface area (Å²) in [4.78, 5) is 23.6. The van der Waals surface area contributed by atoms with Gasteiger partial charge in [0.25, 0.3) is 5.91 Å². The number of thiophene rings is 1. The van der Waals surface area contributed by atoms with Gasteiger partial charge in [0.15, 0.2) is 0 Å². The largest absolute Gasteiger partial charge is 0.490 e. The Morgan fingerprint density at radius 2 is 2.04 bits per heavy atom. The van der Waals surface area contributed by atoms with E-state index in [-0.39, 0.29) is 6.10 Å². The fourth-order valence-corrected chi connectivity index (χ4v) is 4.27. The number of hydrogen-bond donors (Lipinski definition) is 3. The first kappa shape index (κ1) is 19.0. The maximum absolute atomic E-state index is 11.8. The molecule has 0 aliphatic heterocycles. The third kappa shape index (κ3) is 3.67. The SMILES string of the molecule is CC(C)Oc1cccc2c1-c1sc(NC=O)c(C(N)=O)c1CC2.CN. The highest BCUT2D eigenvalue weighted by molar-refractivity contribution is 7.20. The van der Waals surface area contributed by atoms with Gasteiger partial charge in [-0.2, -0.15) is 0 Å². The third-order valence-electron chi connectivity index (χ3n) is 3.79. The van der Waals surface area contributed by atoms with Gasteiger partial charge in [-0.25, -0.2) is 0 Å². The van der Waals surface area contributed by atoms with Crippen molar-refractivity contribution in [1.82, 2.24) is 0 Å². The quantitative estimate of drug-likeness (QED) is 0.711. The van der Waals surface area contributed by atoms with Gasteiger partial charge in [-0.15, -0.1) is 11.3 Å². The molecule has 0 radical (unpaired) electrons. The van der Waals surface area contributed by atoms with Gasteiger partial charge in [0.05, 0.1) is 11.7 Å². The van der Waals surface area contributed by atoms with Crippen LogP contribution in [0.25, 0.3) is 10.4 Å². The minimum absolute atomic E-state index is 0.0509. The molecular formula is C18H23N3O3S. The molecule has 0 saturated carbocycles. The number of fused-ring (bicyclic) bond motifs is 3. The van der Waals surface area contributed by atoms with Crippen LogP contribution in [0.1, 0.15) is 35.3 Å². The summed E-state index contributed by atoms with van der Waals surface area (Å²) in [5.41, 5.74) is 13.5. The highest BCUT2D eigenvalue weighted by Crippen LogP contribution is 2.48. The topological polar surface area (TPSA) is 107 Å². The summed E-state index contributed by atoms with van der Waals surface area (Å²) in [6.07, 6.45) is 2.16. The van der Waals surface area contributed by atoms with Crippen LogP contribution in [0.15, 0.2) is 18.2 Å². The van der Waals surface area contributed by atoms with Crippen LogP contribution in [0.5, 0.6) is 5.75 Å². The van der Waals surface area contributed by atoms with E-state index in [1.807, 2.05) is 26.0 Å². The van der Waals surface area contributed by atoms with Crippen molar-refractivity contribution in [1.29, 1.82) is 0 Å². The van der Waals surface area contributed by atoms with Crippen LogP contribution >= 0.6 is 11.3 Å². The zero-order chi connectivity index (χ0) is 18.6. The number of aryl methyl sites for hydroxylation is 1. The van der Waals surface area contributed by atoms with Gasteiger partial charge in [0, 0.05) is 10.4 Å². The molecule has 1 aromatic carbocycles. The molecule has 25 heavy (non-hydrogen) atoms. The molecule has 0 atom stereocenters. The monoisotopic (exact) mass is 361 g/mol. The van der Waals surface area contributed by atoms with E-state index in [9.17, 15) is 9.59 Å². The summed E-state index contributed by atoms with van der Waals surface area (Å²) in [5.74, 6) is 0.283. The lowest BCUT2D eigenvalue weighted by atomic mass is 9.88. The smallest absolute Gasteiger partial charge is 0.252 e. The van der Waals surface area contributed by atoms with Gasteiger partial charge in [-0.3, -0.25) is 9.59 Å². The molecule has 1 heterocycles. The molecule has 0 fully saturated rings. The maximum atomic E-state index is 11.8. The van der Waals surface area contributed by atoms with E-state index in [1.54, 1.807) is 0 Å². The van der Waals surface area contributed by atoms with Crippen LogP contribution in [-0.4, -0.2) is 25.5 Å². The first-order chi connectivity index (χ1) is 12.0. The maximum Gasteiger partial charge on any atom is 0.252 e. The Bertz CT molecular complexity index is 784. The van der Waals surface area contributed by atoms with E-state index in [4.69, 9.17) is 10.5 Å². The fraction of sp³-hybridized carbons (Fsp3) is 0.333. The van der Waals surface area contributed by atoms with Gasteiger partial charge < -0.3 is 21.5 Å². The van der Waals surface area contributed by atoms with Crippen LogP contribution < -0.4 is 21.5 Å². The number of amides is 2. The van der Waals surface area contributed by atoms with Crippen LogP contribution in [0, 0.1) is 0 Å². The normalized spacial score (nSPS) is 11.7. The number of primary amides is 1. The molecule has 5 N–H and O–H groups in total. The van der Waals surface area contributed by atoms with Crippen molar-refractivity contribution in [2.75, 3.05) is 12.4 Å². The summed E-state index contributed by atoms with van der Waals surface area (Å²) >= 11 is 1.38. The number of hydrogen-bond acceptors (Lipinski definition) is 5. The van der Waals surface area contributed by atoms with Crippen molar-refractivity contribution in [3.63, 3.8) is 0 Å². The van der Waals surface area contributed by atoms with Gasteiger partial charge in [-0.1, -0.05) is 12.1 Å². The van der Waals surface area contributed by atoms with Crippen molar-refractivity contribution < 1.29 is 14.3 Å². The van der Waals surface area contributed by atoms with E-state index < -0.39 is 5.91 Å². The molecule has 0 spiro atoms. The Morgan fingerprint density at radius 3 is 2.64 bits per heavy atom. The van der Waals surface area contributed by atoms with Gasteiger partial charge in [-0.05, 0) is 50.9 Å². The summed E-state index contributed by atoms with van der Waals surface area (Å²) in [5, 5.41) is 3.11. The predicted octanol–water partition coefficient (Wildman–Crippen LogP) is 2.54. The van der Waals surface area contributed by atoms with Crippen molar-refractivity contribution in [3.8, 4) is 16.2 Å². The molecular weight excluding hydrogens is 338 g/mol. The van der Waals surface area contributed by atoms with E-state index in [1.165, 1.54) is 23.9 Å². The molecule has 0 saturated heterocycles. The second-order valence-electron chi connectivity index (χ2n) is 5.70. The van der Waals surface area contributed by atoms with E-state index in [0.717, 1.165) is 34.6 Å². The third-order valence-corrected chi connectivity index (χ3v) is 4.97. The number of carbonyl (C=O) groups is 2. The molecule has 0 unspecified atom stereocenters. The molecule has 134 valence electrons. The molecule has 0 bridgehead atoms. The highest BCUT2D eigenvalue weighted by Gasteiger charge is 2.29. The number of nitrogens with one attached hydrogen (secondary N) is 1. The number of benzene rings is 1. The molecule has 2 aromatic rings. The molecule has 1 aliphatic carbocycles. The number of nitrogens with two attached hydrogens (primary N) is 2. The lowest BCUT2D eigenvalue weighted by molar-refractivity contribution is -0.105. The van der Waals surface area contributed by atoms with Crippen LogP contribution in [-0.2, 0) is 17.6 Å². The Morgan fingerprint density at radius 1 is 1.32 bits per heavy atom. The van der Waals surface area contributed by atoms with Crippen LogP contribution in [0.3, 0.4) is 0 Å². The van der Waals surface area contributed by atoms with E-state index >= 15 is 0 Å². The summed E-state index contributed by atoms with van der Waals surface area (Å²) in [6, 6.07) is 5.99. The first-order valence-electron chi connectivity index (χ1n) is 8.05. The number of ether oxygens (including phenoxy) is 1. The number of rotatable bonds is 5. The molecule has 7 heteroatoms. The summed E-state index contributed by atoms with van der Waals surface area (Å²) in [7, 11) is 1.50. The van der Waals surface area contributed by atoms with Crippen molar-refractivity contribution in [2.24, 2.45) is 11.5 Å². The first-order valence-corrected chi connectivity index (χ1v) is 8.86. The van der Waals surface area contributed by atoms with Crippen molar-refractivity contribution in [2.45, 2.75) is 32.8 Å². The second-order valence-corrected chi connectivity index (χ2v) is 6.72. The molecule has 1 aliphatic rings. The lowest BCUT2D eigenvalue weighted by Crippen LogP contribution is -2.16. The van der Waals surface area contributed by atoms with Gasteiger partial charge in [0.1, 0.15) is 10.8 Å². The Balaban J connectivity index is 0.00000109. The number of anilines is 1. The zero-order valence-corrected chi connectivity index (χ0v) is 15.4. The van der Waals surface area contributed by atoms with Gasteiger partial charge >= 0.3 is 0 Å². The van der Waals surface area contributed by atoms with E-state index in [0.29, 0.717) is 17.0 Å². The minimum atomic E-state index is -0.516. The number of carbonyl (C=O) groups excluding carboxylic acids is 2. The minimum Gasteiger partial charge on any atom is -0.490 e. The average Bonchev–Trinajstić information content (AvgIpc) is 2.95. The zero-order valence-electron chi connectivity index (χ0n) is 14.6. The fourth-order valence-electron chi connectivity index (χ4n) is 2.98. The summed E-state index contributed by atoms with van der Waals surface area (Å²) < 4.78 is 5.94. The molecule has 2 amide bonds. The Hall–Kier alpha value is -2.38. The summed E-state index contributed by atoms with van der Waals surface area (Å²) in [6.45, 7) is 3.96. The Labute approximate surface area is 151 Å². The van der Waals surface area contributed by atoms with Gasteiger partial charge in [0.2, 0.25) is 6.41 Å². The second kappa shape index (κ2) is 8.13. The van der Waals surface area contributed by atoms with Crippen molar-refractivity contribution in [3.05, 3.63) is 34.9 Å². The average molecular weight is 361 g/mol.